The summed E-state index contributed by atoms with van der Waals surface area (Å²) >= 11 is 5.78. The van der Waals surface area contributed by atoms with Crippen LogP contribution in [0.4, 0.5) is 10.2 Å². The number of hydrogen-bond acceptors (Lipinski definition) is 4. The van der Waals surface area contributed by atoms with Gasteiger partial charge in [0.1, 0.15) is 11.6 Å². The number of halogens is 2. The summed E-state index contributed by atoms with van der Waals surface area (Å²) in [6.45, 7) is 2.02. The Balaban J connectivity index is 1.32. The van der Waals surface area contributed by atoms with Crippen molar-refractivity contribution < 1.29 is 9.18 Å². The molecule has 0 atom stereocenters. The van der Waals surface area contributed by atoms with Crippen LogP contribution >= 0.6 is 11.6 Å². The highest BCUT2D eigenvalue weighted by Crippen LogP contribution is 2.24. The highest BCUT2D eigenvalue weighted by molar-refractivity contribution is 6.31. The third kappa shape index (κ3) is 4.62. The van der Waals surface area contributed by atoms with E-state index in [1.165, 1.54) is 18.2 Å². The van der Waals surface area contributed by atoms with Crippen molar-refractivity contribution in [1.82, 2.24) is 19.9 Å². The Hall–Kier alpha value is -2.93. The Bertz CT molecular complexity index is 1030. The molecule has 0 radical (unpaired) electrons. The monoisotopic (exact) mass is 427 g/mol. The summed E-state index contributed by atoms with van der Waals surface area (Å²) in [5.74, 6) is 0.0805. The van der Waals surface area contributed by atoms with Crippen molar-refractivity contribution in [3.63, 3.8) is 0 Å². The molecule has 1 fully saturated rings. The number of imidazole rings is 1. The first kappa shape index (κ1) is 20.3. The van der Waals surface area contributed by atoms with Gasteiger partial charge >= 0.3 is 0 Å². The van der Waals surface area contributed by atoms with Gasteiger partial charge in [0.15, 0.2) is 0 Å². The predicted octanol–water partition coefficient (Wildman–Crippen LogP) is 4.52. The molecule has 0 aliphatic heterocycles. The zero-order valence-electron chi connectivity index (χ0n) is 16.6. The third-order valence-corrected chi connectivity index (χ3v) is 5.74. The summed E-state index contributed by atoms with van der Waals surface area (Å²) in [7, 11) is 0. The highest BCUT2D eigenvalue weighted by atomic mass is 35.5. The maximum atomic E-state index is 13.3. The molecule has 1 aromatic carbocycles. The number of nitrogens with zero attached hydrogens (tertiary/aromatic N) is 3. The Morgan fingerprint density at radius 1 is 1.20 bits per heavy atom. The van der Waals surface area contributed by atoms with Gasteiger partial charge in [0.05, 0.1) is 17.0 Å². The fourth-order valence-corrected chi connectivity index (χ4v) is 3.95. The van der Waals surface area contributed by atoms with Crippen LogP contribution in [0.25, 0.3) is 5.69 Å². The molecule has 8 heteroatoms. The molecule has 30 heavy (non-hydrogen) atoms. The molecule has 2 N–H and O–H groups in total. The van der Waals surface area contributed by atoms with Crippen molar-refractivity contribution in [1.29, 1.82) is 0 Å². The molecule has 0 bridgehead atoms. The summed E-state index contributed by atoms with van der Waals surface area (Å²) in [5, 5.41) is 6.50. The molecular weight excluding hydrogens is 405 g/mol. The largest absolute Gasteiger partial charge is 0.367 e. The van der Waals surface area contributed by atoms with E-state index in [0.717, 1.165) is 42.8 Å². The molecule has 2 aromatic heterocycles. The first-order valence-corrected chi connectivity index (χ1v) is 10.3. The number of rotatable bonds is 5. The minimum atomic E-state index is -0.527. The van der Waals surface area contributed by atoms with Gasteiger partial charge in [-0.1, -0.05) is 11.6 Å². The van der Waals surface area contributed by atoms with Gasteiger partial charge in [-0.2, -0.15) is 0 Å². The first-order valence-electron chi connectivity index (χ1n) is 9.97. The molecular formula is C22H23ClFN5O. The summed E-state index contributed by atoms with van der Waals surface area (Å²) in [4.78, 5) is 21.0. The second-order valence-corrected chi connectivity index (χ2v) is 8.03. The normalized spacial score (nSPS) is 18.8. The topological polar surface area (TPSA) is 71.8 Å². The van der Waals surface area contributed by atoms with E-state index in [1.54, 1.807) is 12.5 Å². The molecule has 2 heterocycles. The van der Waals surface area contributed by atoms with Crippen molar-refractivity contribution in [2.75, 3.05) is 5.32 Å². The van der Waals surface area contributed by atoms with Crippen molar-refractivity contribution in [2.24, 2.45) is 0 Å². The van der Waals surface area contributed by atoms with E-state index < -0.39 is 5.82 Å². The van der Waals surface area contributed by atoms with Crippen molar-refractivity contribution >= 4 is 23.3 Å². The summed E-state index contributed by atoms with van der Waals surface area (Å²) in [6.07, 6.45) is 10.9. The smallest absolute Gasteiger partial charge is 0.251 e. The number of benzene rings is 1. The number of hydrogen-bond donors (Lipinski definition) is 2. The lowest BCUT2D eigenvalue weighted by atomic mass is 9.91. The van der Waals surface area contributed by atoms with Gasteiger partial charge in [0, 0.05) is 42.3 Å². The number of carbonyl (C=O) groups excluding carboxylic acids is 1. The van der Waals surface area contributed by atoms with Crippen LogP contribution in [-0.2, 0) is 0 Å². The van der Waals surface area contributed by atoms with Crippen LogP contribution in [0.15, 0.2) is 49.2 Å². The summed E-state index contributed by atoms with van der Waals surface area (Å²) in [5.41, 5.74) is 2.49. The van der Waals surface area contributed by atoms with Gasteiger partial charge in [-0.25, -0.2) is 14.4 Å². The second kappa shape index (κ2) is 8.83. The quantitative estimate of drug-likeness (QED) is 0.628. The van der Waals surface area contributed by atoms with E-state index in [-0.39, 0.29) is 17.0 Å². The van der Waals surface area contributed by atoms with Crippen LogP contribution in [0.5, 0.6) is 0 Å². The van der Waals surface area contributed by atoms with Gasteiger partial charge in [-0.3, -0.25) is 4.79 Å². The molecule has 0 saturated heterocycles. The van der Waals surface area contributed by atoms with Gasteiger partial charge in [-0.05, 0) is 56.4 Å². The van der Waals surface area contributed by atoms with E-state index in [1.807, 2.05) is 30.0 Å². The third-order valence-electron chi connectivity index (χ3n) is 5.45. The lowest BCUT2D eigenvalue weighted by Crippen LogP contribution is -2.40. The van der Waals surface area contributed by atoms with Crippen molar-refractivity contribution in [3.05, 3.63) is 71.2 Å². The number of amides is 1. The van der Waals surface area contributed by atoms with E-state index >= 15 is 0 Å². The summed E-state index contributed by atoms with van der Waals surface area (Å²) < 4.78 is 15.3. The Morgan fingerprint density at radius 3 is 2.67 bits per heavy atom. The zero-order valence-corrected chi connectivity index (χ0v) is 17.4. The average Bonchev–Trinajstić information content (AvgIpc) is 3.27. The molecule has 0 spiro atoms. The molecule has 3 aromatic rings. The summed E-state index contributed by atoms with van der Waals surface area (Å²) in [6, 6.07) is 6.44. The van der Waals surface area contributed by atoms with Crippen LogP contribution in [0.2, 0.25) is 5.02 Å². The molecule has 6 nitrogen and oxygen atoms in total. The lowest BCUT2D eigenvalue weighted by molar-refractivity contribution is 0.0926. The van der Waals surface area contributed by atoms with Crippen LogP contribution in [-0.4, -0.2) is 32.5 Å². The number of anilines is 1. The van der Waals surface area contributed by atoms with E-state index in [0.29, 0.717) is 11.6 Å². The number of nitrogens with one attached hydrogen (secondary N) is 2. The van der Waals surface area contributed by atoms with E-state index in [2.05, 4.69) is 20.6 Å². The second-order valence-electron chi connectivity index (χ2n) is 7.62. The first-order chi connectivity index (χ1) is 14.5. The van der Waals surface area contributed by atoms with Gasteiger partial charge in [-0.15, -0.1) is 0 Å². The fraction of sp³-hybridized carbons (Fsp3) is 0.318. The van der Waals surface area contributed by atoms with Crippen molar-refractivity contribution in [3.8, 4) is 5.69 Å². The van der Waals surface area contributed by atoms with Crippen LogP contribution in [0, 0.1) is 12.7 Å². The van der Waals surface area contributed by atoms with E-state index in [4.69, 9.17) is 11.6 Å². The van der Waals surface area contributed by atoms with Gasteiger partial charge < -0.3 is 15.2 Å². The minimum Gasteiger partial charge on any atom is -0.367 e. The number of pyridine rings is 1. The Kier molecular flexibility index (Phi) is 5.99. The lowest BCUT2D eigenvalue weighted by Gasteiger charge is -2.30. The molecule has 1 aliphatic rings. The van der Waals surface area contributed by atoms with Crippen LogP contribution < -0.4 is 10.6 Å². The Labute approximate surface area is 179 Å². The standard InChI is InChI=1S/C22H23ClFN5O/c1-14-12-26-21(11-20(14)29-9-8-25-13-29)27-16-3-5-17(6-4-16)28-22(30)15-2-7-19(24)18(23)10-15/h2,7-13,16-17H,3-6H2,1H3,(H,26,27)(H,28,30). The maximum Gasteiger partial charge on any atom is 0.251 e. The van der Waals surface area contributed by atoms with E-state index in [9.17, 15) is 9.18 Å². The SMILES string of the molecule is Cc1cnc(NC2CCC(NC(=O)c3ccc(F)c(Cl)c3)CC2)cc1-n1ccnc1. The fourth-order valence-electron chi connectivity index (χ4n) is 3.77. The highest BCUT2D eigenvalue weighted by Gasteiger charge is 2.23. The molecule has 4 rings (SSSR count). The number of carbonyl (C=O) groups is 1. The molecule has 0 unspecified atom stereocenters. The van der Waals surface area contributed by atoms with Crippen molar-refractivity contribution in [2.45, 2.75) is 44.7 Å². The number of aryl methyl sites for hydroxylation is 1. The predicted molar refractivity (Wildman–Crippen MR) is 115 cm³/mol. The van der Waals surface area contributed by atoms with Crippen LogP contribution in [0.3, 0.4) is 0 Å². The molecule has 1 aliphatic carbocycles. The molecule has 156 valence electrons. The zero-order chi connectivity index (χ0) is 21.1. The Morgan fingerprint density at radius 2 is 1.97 bits per heavy atom. The number of aromatic nitrogens is 3. The van der Waals surface area contributed by atoms with Crippen LogP contribution in [0.1, 0.15) is 41.6 Å². The average molecular weight is 428 g/mol. The van der Waals surface area contributed by atoms with Gasteiger partial charge in [0.2, 0.25) is 0 Å². The molecule has 1 saturated carbocycles. The van der Waals surface area contributed by atoms with Gasteiger partial charge in [0.25, 0.3) is 5.91 Å². The maximum absolute atomic E-state index is 13.3. The minimum absolute atomic E-state index is 0.0452. The molecule has 1 amide bonds.